The Morgan fingerprint density at radius 1 is 1.15 bits per heavy atom. The lowest BCUT2D eigenvalue weighted by Crippen LogP contribution is -2.14. The molecule has 0 radical (unpaired) electrons. The van der Waals surface area contributed by atoms with Gasteiger partial charge >= 0.3 is 0 Å². The number of hydrogen-bond acceptors (Lipinski definition) is 3. The Hall–Kier alpha value is -2.01. The quantitative estimate of drug-likeness (QED) is 0.852. The largest absolute Gasteiger partial charge is 0.324 e. The fourth-order valence-electron chi connectivity index (χ4n) is 1.71. The maximum Gasteiger partial charge on any atom is 0.224 e. The van der Waals surface area contributed by atoms with Crippen LogP contribution in [0.25, 0.3) is 0 Å². The van der Waals surface area contributed by atoms with Crippen LogP contribution in [-0.2, 0) is 4.79 Å². The molecule has 0 atom stereocenters. The van der Waals surface area contributed by atoms with Gasteiger partial charge in [-0.2, -0.15) is 0 Å². The number of rotatable bonds is 5. The summed E-state index contributed by atoms with van der Waals surface area (Å²) in [5, 5.41) is 2.46. The highest BCUT2D eigenvalue weighted by Crippen LogP contribution is 2.18. The number of carbonyl (C=O) groups is 2. The number of benzene rings is 1. The number of carbonyl (C=O) groups excluding carboxylic acids is 2. The van der Waals surface area contributed by atoms with Gasteiger partial charge in [0.05, 0.1) is 10.6 Å². The molecule has 1 amide bonds. The molecule has 1 heterocycles. The number of anilines is 1. The zero-order valence-corrected chi connectivity index (χ0v) is 11.8. The van der Waals surface area contributed by atoms with Crippen LogP contribution in [0.5, 0.6) is 0 Å². The topological polar surface area (TPSA) is 46.2 Å². The molecule has 2 aromatic rings. The van der Waals surface area contributed by atoms with E-state index in [9.17, 15) is 14.0 Å². The number of aryl methyl sites for hydroxylation is 1. The first-order valence-electron chi connectivity index (χ1n) is 6.20. The van der Waals surface area contributed by atoms with E-state index in [-0.39, 0.29) is 30.2 Å². The van der Waals surface area contributed by atoms with Crippen molar-refractivity contribution >= 4 is 28.7 Å². The molecule has 2 rings (SSSR count). The second-order valence-corrected chi connectivity index (χ2v) is 5.65. The molecule has 0 fully saturated rings. The van der Waals surface area contributed by atoms with E-state index in [1.54, 1.807) is 18.2 Å². The third kappa shape index (κ3) is 3.74. The van der Waals surface area contributed by atoms with Crippen molar-refractivity contribution in [2.45, 2.75) is 19.8 Å². The van der Waals surface area contributed by atoms with Gasteiger partial charge in [-0.1, -0.05) is 12.1 Å². The molecule has 0 bridgehead atoms. The standard InChI is InChI=1S/C15H14FNO2S/c1-10-6-8-14(20-10)13(18)7-9-15(19)17-12-5-3-2-4-11(12)16/h2-6,8H,7,9H2,1H3,(H,17,19). The van der Waals surface area contributed by atoms with Gasteiger partial charge < -0.3 is 5.32 Å². The summed E-state index contributed by atoms with van der Waals surface area (Å²) in [7, 11) is 0. The Morgan fingerprint density at radius 3 is 2.55 bits per heavy atom. The van der Waals surface area contributed by atoms with E-state index in [2.05, 4.69) is 5.32 Å². The summed E-state index contributed by atoms with van der Waals surface area (Å²) >= 11 is 1.41. The van der Waals surface area contributed by atoms with Crippen LogP contribution in [0.3, 0.4) is 0 Å². The van der Waals surface area contributed by atoms with Crippen molar-refractivity contribution in [1.82, 2.24) is 0 Å². The second-order valence-electron chi connectivity index (χ2n) is 4.36. The van der Waals surface area contributed by atoms with Crippen LogP contribution in [0.2, 0.25) is 0 Å². The number of para-hydroxylation sites is 1. The summed E-state index contributed by atoms with van der Waals surface area (Å²) in [4.78, 5) is 25.2. The molecule has 1 N–H and O–H groups in total. The van der Waals surface area contributed by atoms with Gasteiger partial charge in [0.1, 0.15) is 5.82 Å². The molecule has 1 aromatic heterocycles. The van der Waals surface area contributed by atoms with E-state index in [1.165, 1.54) is 23.5 Å². The lowest BCUT2D eigenvalue weighted by atomic mass is 10.2. The van der Waals surface area contributed by atoms with Crippen molar-refractivity contribution in [1.29, 1.82) is 0 Å². The maximum atomic E-state index is 13.3. The molecule has 0 aliphatic heterocycles. The zero-order valence-electron chi connectivity index (χ0n) is 11.0. The molecule has 0 saturated heterocycles. The lowest BCUT2D eigenvalue weighted by molar-refractivity contribution is -0.116. The summed E-state index contributed by atoms with van der Waals surface area (Å²) in [6.45, 7) is 1.92. The molecule has 20 heavy (non-hydrogen) atoms. The molecule has 0 aliphatic carbocycles. The normalized spacial score (nSPS) is 10.3. The molecule has 0 saturated carbocycles. The SMILES string of the molecule is Cc1ccc(C(=O)CCC(=O)Nc2ccccc2F)s1. The number of ketones is 1. The zero-order chi connectivity index (χ0) is 14.5. The highest BCUT2D eigenvalue weighted by molar-refractivity contribution is 7.14. The van der Waals surface area contributed by atoms with Crippen LogP contribution in [0.1, 0.15) is 27.4 Å². The van der Waals surface area contributed by atoms with E-state index in [0.29, 0.717) is 4.88 Å². The van der Waals surface area contributed by atoms with E-state index in [0.717, 1.165) is 4.88 Å². The van der Waals surface area contributed by atoms with Crippen molar-refractivity contribution < 1.29 is 14.0 Å². The van der Waals surface area contributed by atoms with Crippen LogP contribution >= 0.6 is 11.3 Å². The Morgan fingerprint density at radius 2 is 1.90 bits per heavy atom. The third-order valence-corrected chi connectivity index (χ3v) is 3.78. The Balaban J connectivity index is 1.87. The molecular weight excluding hydrogens is 277 g/mol. The number of amides is 1. The van der Waals surface area contributed by atoms with Crippen LogP contribution in [0, 0.1) is 12.7 Å². The molecular formula is C15H14FNO2S. The van der Waals surface area contributed by atoms with E-state index in [4.69, 9.17) is 0 Å². The fraction of sp³-hybridized carbons (Fsp3) is 0.200. The summed E-state index contributed by atoms with van der Waals surface area (Å²) in [5.41, 5.74) is 0.136. The predicted molar refractivity (Wildman–Crippen MR) is 77.7 cm³/mol. The van der Waals surface area contributed by atoms with Crippen LogP contribution in [0.15, 0.2) is 36.4 Å². The maximum absolute atomic E-state index is 13.3. The summed E-state index contributed by atoms with van der Waals surface area (Å²) < 4.78 is 13.3. The predicted octanol–water partition coefficient (Wildman–Crippen LogP) is 3.80. The van der Waals surface area contributed by atoms with E-state index >= 15 is 0 Å². The van der Waals surface area contributed by atoms with Gasteiger partial charge in [0.15, 0.2) is 5.78 Å². The van der Waals surface area contributed by atoms with E-state index < -0.39 is 5.82 Å². The highest BCUT2D eigenvalue weighted by Gasteiger charge is 2.12. The van der Waals surface area contributed by atoms with Crippen molar-refractivity contribution in [3.05, 3.63) is 52.0 Å². The molecule has 0 aliphatic rings. The molecule has 5 heteroatoms. The first kappa shape index (κ1) is 14.4. The number of halogens is 1. The molecule has 0 unspecified atom stereocenters. The Labute approximate surface area is 120 Å². The minimum Gasteiger partial charge on any atom is -0.324 e. The molecule has 104 valence electrons. The van der Waals surface area contributed by atoms with Crippen molar-refractivity contribution in [3.63, 3.8) is 0 Å². The minimum absolute atomic E-state index is 0.0457. The number of thiophene rings is 1. The van der Waals surface area contributed by atoms with Gasteiger partial charge in [0, 0.05) is 17.7 Å². The summed E-state index contributed by atoms with van der Waals surface area (Å²) in [5.74, 6) is -0.912. The van der Waals surface area contributed by atoms with Crippen LogP contribution < -0.4 is 5.32 Å². The number of nitrogens with one attached hydrogen (secondary N) is 1. The van der Waals surface area contributed by atoms with Gasteiger partial charge in [-0.3, -0.25) is 9.59 Å². The van der Waals surface area contributed by atoms with Crippen molar-refractivity contribution in [2.75, 3.05) is 5.32 Å². The van der Waals surface area contributed by atoms with Gasteiger partial charge in [0.2, 0.25) is 5.91 Å². The van der Waals surface area contributed by atoms with Crippen LogP contribution in [-0.4, -0.2) is 11.7 Å². The molecule has 1 aromatic carbocycles. The summed E-state index contributed by atoms with van der Waals surface area (Å²) in [6, 6.07) is 9.58. The van der Waals surface area contributed by atoms with Crippen LogP contribution in [0.4, 0.5) is 10.1 Å². The van der Waals surface area contributed by atoms with Gasteiger partial charge in [0.25, 0.3) is 0 Å². The van der Waals surface area contributed by atoms with Crippen molar-refractivity contribution in [3.8, 4) is 0 Å². The average Bonchev–Trinajstić information content (AvgIpc) is 2.85. The summed E-state index contributed by atoms with van der Waals surface area (Å²) in [6.07, 6.45) is 0.171. The second kappa shape index (κ2) is 6.43. The Kier molecular flexibility index (Phi) is 4.63. The third-order valence-electron chi connectivity index (χ3n) is 2.74. The smallest absolute Gasteiger partial charge is 0.224 e. The average molecular weight is 291 g/mol. The van der Waals surface area contributed by atoms with Gasteiger partial charge in [-0.15, -0.1) is 11.3 Å². The Bertz CT molecular complexity index is 636. The first-order chi connectivity index (χ1) is 9.56. The fourth-order valence-corrected chi connectivity index (χ4v) is 2.54. The molecule has 3 nitrogen and oxygen atoms in total. The molecule has 0 spiro atoms. The monoisotopic (exact) mass is 291 g/mol. The van der Waals surface area contributed by atoms with E-state index in [1.807, 2.05) is 13.0 Å². The number of Topliss-reactive ketones (excluding diaryl/α,β-unsaturated/α-hetero) is 1. The first-order valence-corrected chi connectivity index (χ1v) is 7.02. The highest BCUT2D eigenvalue weighted by atomic mass is 32.1. The lowest BCUT2D eigenvalue weighted by Gasteiger charge is -2.05. The number of hydrogen-bond donors (Lipinski definition) is 1. The minimum atomic E-state index is -0.485. The van der Waals surface area contributed by atoms with Gasteiger partial charge in [-0.25, -0.2) is 4.39 Å². The van der Waals surface area contributed by atoms with Gasteiger partial charge in [-0.05, 0) is 31.2 Å². The van der Waals surface area contributed by atoms with Crippen molar-refractivity contribution in [2.24, 2.45) is 0 Å².